The van der Waals surface area contributed by atoms with E-state index in [1.54, 1.807) is 11.3 Å². The molecule has 26 heavy (non-hydrogen) atoms. The van der Waals surface area contributed by atoms with Crippen molar-refractivity contribution in [3.05, 3.63) is 35.8 Å². The summed E-state index contributed by atoms with van der Waals surface area (Å²) in [6.45, 7) is 9.48. The zero-order valence-electron chi connectivity index (χ0n) is 15.7. The van der Waals surface area contributed by atoms with Gasteiger partial charge in [-0.1, -0.05) is 32.1 Å². The number of rotatable bonds is 4. The van der Waals surface area contributed by atoms with Crippen molar-refractivity contribution < 1.29 is 0 Å². The number of hydrogen-bond donors (Lipinski definition) is 1. The molecule has 0 amide bonds. The Kier molecular flexibility index (Phi) is 4.56. The van der Waals surface area contributed by atoms with Crippen LogP contribution in [0.4, 0.5) is 10.9 Å². The molecule has 1 fully saturated rings. The van der Waals surface area contributed by atoms with Crippen molar-refractivity contribution in [1.29, 1.82) is 0 Å². The third kappa shape index (κ3) is 3.67. The van der Waals surface area contributed by atoms with Gasteiger partial charge in [0.15, 0.2) is 0 Å². The monoisotopic (exact) mass is 370 g/mol. The Morgan fingerprint density at radius 2 is 2.00 bits per heavy atom. The molecule has 1 saturated heterocycles. The highest BCUT2D eigenvalue weighted by Crippen LogP contribution is 2.26. The van der Waals surface area contributed by atoms with Crippen LogP contribution in [0.1, 0.15) is 51.3 Å². The predicted molar refractivity (Wildman–Crippen MR) is 107 cm³/mol. The minimum absolute atomic E-state index is 0.0445. The highest BCUT2D eigenvalue weighted by Gasteiger charge is 2.19. The van der Waals surface area contributed by atoms with Crippen LogP contribution in [-0.2, 0) is 12.0 Å². The topological polar surface area (TPSA) is 58.4 Å². The van der Waals surface area contributed by atoms with Crippen molar-refractivity contribution >= 4 is 27.2 Å². The van der Waals surface area contributed by atoms with Crippen molar-refractivity contribution in [2.24, 2.45) is 0 Å². The summed E-state index contributed by atoms with van der Waals surface area (Å²) in [6, 6.07) is 4.26. The number of piperidine rings is 1. The van der Waals surface area contributed by atoms with E-state index < -0.39 is 0 Å². The normalized spacial score (nSPS) is 15.6. The number of aromatic nitrogens is 4. The number of fused-ring (bicyclic) bond motifs is 1. The van der Waals surface area contributed by atoms with Crippen LogP contribution >= 0.6 is 11.3 Å². The fourth-order valence-electron chi connectivity index (χ4n) is 3.18. The molecule has 0 spiro atoms. The molecule has 1 aliphatic heterocycles. The molecule has 1 N–H and O–H groups in total. The molecule has 0 aromatic carbocycles. The molecule has 0 unspecified atom stereocenters. The summed E-state index contributed by atoms with van der Waals surface area (Å²) in [5.74, 6) is 1.09. The second-order valence-corrected chi connectivity index (χ2v) is 8.89. The quantitative estimate of drug-likeness (QED) is 0.750. The lowest BCUT2D eigenvalue weighted by Gasteiger charge is -2.27. The predicted octanol–water partition coefficient (Wildman–Crippen LogP) is 4.09. The maximum atomic E-state index is 4.70. The minimum Gasteiger partial charge on any atom is -0.357 e. The molecule has 138 valence electrons. The van der Waals surface area contributed by atoms with Gasteiger partial charge in [-0.15, -0.1) is 5.10 Å². The number of hydrogen-bond acceptors (Lipinski definition) is 6. The Labute approximate surface area is 158 Å². The zero-order valence-corrected chi connectivity index (χ0v) is 16.5. The van der Waals surface area contributed by atoms with E-state index in [0.717, 1.165) is 41.2 Å². The summed E-state index contributed by atoms with van der Waals surface area (Å²) in [6.07, 6.45) is 7.79. The van der Waals surface area contributed by atoms with Crippen LogP contribution < -0.4 is 10.2 Å². The first-order valence-corrected chi connectivity index (χ1v) is 10.1. The second kappa shape index (κ2) is 6.87. The van der Waals surface area contributed by atoms with Crippen LogP contribution in [0.5, 0.6) is 0 Å². The van der Waals surface area contributed by atoms with Gasteiger partial charge in [0.05, 0.1) is 11.9 Å². The summed E-state index contributed by atoms with van der Waals surface area (Å²) in [7, 11) is 0. The number of nitrogens with one attached hydrogen (secondary N) is 1. The lowest BCUT2D eigenvalue weighted by Crippen LogP contribution is -2.30. The molecule has 6 nitrogen and oxygen atoms in total. The second-order valence-electron chi connectivity index (χ2n) is 7.93. The number of imidazole rings is 1. The first-order valence-electron chi connectivity index (χ1n) is 9.29. The van der Waals surface area contributed by atoms with E-state index in [4.69, 9.17) is 4.98 Å². The summed E-state index contributed by atoms with van der Waals surface area (Å²) in [4.78, 5) is 12.6. The Bertz CT molecular complexity index is 853. The molecule has 3 aromatic rings. The SMILES string of the molecule is CC(C)(C)c1cn2nc(NCc3ccnc(N4CCCCC4)c3)sc2n1. The van der Waals surface area contributed by atoms with Crippen LogP contribution in [0.25, 0.3) is 4.96 Å². The van der Waals surface area contributed by atoms with E-state index >= 15 is 0 Å². The highest BCUT2D eigenvalue weighted by atomic mass is 32.1. The van der Waals surface area contributed by atoms with Gasteiger partial charge in [0.25, 0.3) is 0 Å². The van der Waals surface area contributed by atoms with Gasteiger partial charge in [0, 0.05) is 31.2 Å². The lowest BCUT2D eigenvalue weighted by atomic mass is 9.93. The van der Waals surface area contributed by atoms with E-state index in [0.29, 0.717) is 0 Å². The first-order chi connectivity index (χ1) is 12.5. The zero-order chi connectivity index (χ0) is 18.1. The van der Waals surface area contributed by atoms with Crippen LogP contribution in [0, 0.1) is 0 Å². The third-order valence-corrected chi connectivity index (χ3v) is 5.63. The van der Waals surface area contributed by atoms with Gasteiger partial charge in [-0.2, -0.15) is 0 Å². The summed E-state index contributed by atoms with van der Waals surface area (Å²) in [5.41, 5.74) is 2.34. The molecule has 4 rings (SSSR count). The van der Waals surface area contributed by atoms with Gasteiger partial charge in [0.2, 0.25) is 10.1 Å². The number of anilines is 2. The molecule has 1 aliphatic rings. The number of nitrogens with zero attached hydrogens (tertiary/aromatic N) is 5. The van der Waals surface area contributed by atoms with E-state index in [-0.39, 0.29) is 5.41 Å². The fraction of sp³-hybridized carbons (Fsp3) is 0.526. The Balaban J connectivity index is 1.43. The standard InChI is InChI=1S/C19H26N6S/c1-19(2,3)15-13-25-18(22-15)26-17(23-25)21-12-14-7-8-20-16(11-14)24-9-5-4-6-10-24/h7-8,11,13H,4-6,9-10,12H2,1-3H3,(H,21,23). The molecule has 0 radical (unpaired) electrons. The maximum Gasteiger partial charge on any atom is 0.214 e. The van der Waals surface area contributed by atoms with Crippen LogP contribution in [0.2, 0.25) is 0 Å². The summed E-state index contributed by atoms with van der Waals surface area (Å²) < 4.78 is 1.87. The minimum atomic E-state index is 0.0445. The summed E-state index contributed by atoms with van der Waals surface area (Å²) in [5, 5.41) is 8.93. The molecule has 0 aliphatic carbocycles. The Morgan fingerprint density at radius 1 is 1.19 bits per heavy atom. The highest BCUT2D eigenvalue weighted by molar-refractivity contribution is 7.20. The van der Waals surface area contributed by atoms with Crippen molar-refractivity contribution in [3.63, 3.8) is 0 Å². The van der Waals surface area contributed by atoms with Crippen LogP contribution in [0.3, 0.4) is 0 Å². The molecule has 4 heterocycles. The van der Waals surface area contributed by atoms with Gasteiger partial charge >= 0.3 is 0 Å². The van der Waals surface area contributed by atoms with Gasteiger partial charge in [0.1, 0.15) is 5.82 Å². The van der Waals surface area contributed by atoms with Gasteiger partial charge in [-0.3, -0.25) is 0 Å². The van der Waals surface area contributed by atoms with Gasteiger partial charge in [-0.25, -0.2) is 14.5 Å². The molecule has 0 saturated carbocycles. The van der Waals surface area contributed by atoms with Crippen molar-refractivity contribution in [1.82, 2.24) is 19.6 Å². The van der Waals surface area contributed by atoms with Crippen molar-refractivity contribution in [3.8, 4) is 0 Å². The van der Waals surface area contributed by atoms with Gasteiger partial charge < -0.3 is 10.2 Å². The molecular weight excluding hydrogens is 344 g/mol. The Hall–Kier alpha value is -2.15. The Morgan fingerprint density at radius 3 is 2.73 bits per heavy atom. The average Bonchev–Trinajstić information content (AvgIpc) is 3.19. The maximum absolute atomic E-state index is 4.70. The van der Waals surface area contributed by atoms with E-state index in [1.165, 1.54) is 24.8 Å². The molecule has 0 atom stereocenters. The van der Waals surface area contributed by atoms with E-state index in [1.807, 2.05) is 16.9 Å². The van der Waals surface area contributed by atoms with Crippen molar-refractivity contribution in [2.45, 2.75) is 52.0 Å². The third-order valence-electron chi connectivity index (χ3n) is 4.75. The van der Waals surface area contributed by atoms with Crippen molar-refractivity contribution in [2.75, 3.05) is 23.3 Å². The van der Waals surface area contributed by atoms with Crippen LogP contribution in [0.15, 0.2) is 24.5 Å². The average molecular weight is 371 g/mol. The molecular formula is C19H26N6S. The fourth-order valence-corrected chi connectivity index (χ4v) is 3.95. The summed E-state index contributed by atoms with van der Waals surface area (Å²) >= 11 is 1.59. The smallest absolute Gasteiger partial charge is 0.214 e. The van der Waals surface area contributed by atoms with Gasteiger partial charge in [-0.05, 0) is 37.0 Å². The van der Waals surface area contributed by atoms with E-state index in [9.17, 15) is 0 Å². The molecule has 7 heteroatoms. The molecule has 3 aromatic heterocycles. The number of pyridine rings is 1. The first kappa shape index (κ1) is 17.3. The lowest BCUT2D eigenvalue weighted by molar-refractivity contribution is 0.572. The largest absolute Gasteiger partial charge is 0.357 e. The van der Waals surface area contributed by atoms with Crippen LogP contribution in [-0.4, -0.2) is 32.7 Å². The van der Waals surface area contributed by atoms with E-state index in [2.05, 4.69) is 53.2 Å². The molecule has 0 bridgehead atoms.